The van der Waals surface area contributed by atoms with Crippen LogP contribution < -0.4 is 5.32 Å². The summed E-state index contributed by atoms with van der Waals surface area (Å²) in [5.41, 5.74) is 0.0765. The van der Waals surface area contributed by atoms with Gasteiger partial charge in [0.25, 0.3) is 0 Å². The van der Waals surface area contributed by atoms with E-state index in [1.54, 1.807) is 0 Å². The molecule has 1 aromatic heterocycles. The number of nitriles is 1. The maximum atomic E-state index is 12.0. The first kappa shape index (κ1) is 10.7. The van der Waals surface area contributed by atoms with Crippen molar-refractivity contribution in [3.05, 3.63) is 11.8 Å². The van der Waals surface area contributed by atoms with Gasteiger partial charge in [0.15, 0.2) is 0 Å². The van der Waals surface area contributed by atoms with Gasteiger partial charge in [0.05, 0.1) is 6.20 Å². The molecule has 1 fully saturated rings. The molecule has 0 atom stereocenters. The van der Waals surface area contributed by atoms with Gasteiger partial charge in [0.1, 0.15) is 17.5 Å². The maximum Gasteiger partial charge on any atom is 0.231 e. The lowest BCUT2D eigenvalue weighted by atomic mass is 9.88. The number of anilines is 1. The highest BCUT2D eigenvalue weighted by molar-refractivity contribution is 5.95. The highest BCUT2D eigenvalue weighted by Crippen LogP contribution is 2.38. The Hall–Kier alpha value is -1.83. The minimum Gasteiger partial charge on any atom is -0.309 e. The van der Waals surface area contributed by atoms with E-state index in [2.05, 4.69) is 15.5 Å². The molecular formula is C11H14N4O. The van der Waals surface area contributed by atoms with E-state index >= 15 is 0 Å². The predicted octanol–water partition coefficient (Wildman–Crippen LogP) is 1.80. The van der Waals surface area contributed by atoms with Crippen LogP contribution in [0.4, 0.5) is 5.82 Å². The van der Waals surface area contributed by atoms with E-state index in [0.29, 0.717) is 11.4 Å². The lowest BCUT2D eigenvalue weighted by molar-refractivity contribution is -0.124. The first-order valence-electron chi connectivity index (χ1n) is 5.41. The van der Waals surface area contributed by atoms with E-state index in [-0.39, 0.29) is 11.3 Å². The number of aromatic nitrogens is 2. The summed E-state index contributed by atoms with van der Waals surface area (Å²) in [7, 11) is 0. The molecule has 0 bridgehead atoms. The lowest BCUT2D eigenvalue weighted by Gasteiger charge is -2.21. The largest absolute Gasteiger partial charge is 0.309 e. The Morgan fingerprint density at radius 3 is 2.94 bits per heavy atom. The van der Waals surface area contributed by atoms with E-state index < -0.39 is 0 Å². The molecule has 1 heterocycles. The van der Waals surface area contributed by atoms with Gasteiger partial charge in [-0.25, -0.2) is 0 Å². The monoisotopic (exact) mass is 218 g/mol. The maximum absolute atomic E-state index is 12.0. The molecule has 1 aliphatic rings. The minimum atomic E-state index is -0.294. The van der Waals surface area contributed by atoms with Crippen molar-refractivity contribution in [2.24, 2.45) is 5.41 Å². The highest BCUT2D eigenvalue weighted by atomic mass is 16.2. The first-order chi connectivity index (χ1) is 7.65. The summed E-state index contributed by atoms with van der Waals surface area (Å²) < 4.78 is 0. The molecule has 84 valence electrons. The number of hydrogen-bond donors (Lipinski definition) is 2. The number of rotatable bonds is 2. The Kier molecular flexibility index (Phi) is 2.65. The second kappa shape index (κ2) is 3.97. The van der Waals surface area contributed by atoms with Gasteiger partial charge in [0.2, 0.25) is 5.91 Å². The van der Waals surface area contributed by atoms with Crippen LogP contribution in [0, 0.1) is 16.7 Å². The number of nitrogens with one attached hydrogen (secondary N) is 2. The average molecular weight is 218 g/mol. The number of carbonyl (C=O) groups is 1. The van der Waals surface area contributed by atoms with Gasteiger partial charge in [-0.2, -0.15) is 10.4 Å². The molecule has 2 N–H and O–H groups in total. The number of nitrogens with zero attached hydrogens (tertiary/aromatic N) is 2. The van der Waals surface area contributed by atoms with Crippen LogP contribution in [-0.4, -0.2) is 16.1 Å². The molecule has 2 rings (SSSR count). The van der Waals surface area contributed by atoms with Crippen molar-refractivity contribution in [2.45, 2.75) is 32.6 Å². The number of aromatic amines is 1. The zero-order valence-corrected chi connectivity index (χ0v) is 9.21. The van der Waals surface area contributed by atoms with Gasteiger partial charge in [-0.05, 0) is 12.8 Å². The molecule has 0 spiro atoms. The summed E-state index contributed by atoms with van der Waals surface area (Å²) in [5.74, 6) is 0.381. The molecule has 0 aliphatic heterocycles. The van der Waals surface area contributed by atoms with E-state index in [0.717, 1.165) is 25.7 Å². The lowest BCUT2D eigenvalue weighted by Crippen LogP contribution is -2.31. The fourth-order valence-electron chi connectivity index (χ4n) is 2.11. The van der Waals surface area contributed by atoms with E-state index in [1.807, 2.05) is 13.0 Å². The number of amides is 1. The SMILES string of the molecule is CC1(C(=O)Nc2[nH]ncc2C#N)CCCC1. The van der Waals surface area contributed by atoms with Crippen molar-refractivity contribution < 1.29 is 4.79 Å². The third kappa shape index (κ3) is 1.78. The van der Waals surface area contributed by atoms with Gasteiger partial charge < -0.3 is 5.32 Å². The Bertz CT molecular complexity index is 437. The Labute approximate surface area is 93.8 Å². The van der Waals surface area contributed by atoms with Crippen LogP contribution in [0.25, 0.3) is 0 Å². The Balaban J connectivity index is 2.11. The standard InChI is InChI=1S/C11H14N4O/c1-11(4-2-3-5-11)10(16)14-9-8(6-12)7-13-15-9/h7H,2-5H2,1H3,(H2,13,14,15,16). The van der Waals surface area contributed by atoms with Gasteiger partial charge in [0, 0.05) is 5.41 Å². The van der Waals surface area contributed by atoms with E-state index in [9.17, 15) is 4.79 Å². The first-order valence-corrected chi connectivity index (χ1v) is 5.41. The molecule has 16 heavy (non-hydrogen) atoms. The van der Waals surface area contributed by atoms with Crippen LogP contribution in [0.1, 0.15) is 38.2 Å². The number of H-pyrrole nitrogens is 1. The topological polar surface area (TPSA) is 81.6 Å². The summed E-state index contributed by atoms with van der Waals surface area (Å²) in [6, 6.07) is 1.98. The molecule has 5 heteroatoms. The van der Waals surface area contributed by atoms with Gasteiger partial charge in [-0.1, -0.05) is 19.8 Å². The molecule has 0 radical (unpaired) electrons. The summed E-state index contributed by atoms with van der Waals surface area (Å²) in [5, 5.41) is 17.9. The molecule has 1 saturated carbocycles. The molecule has 0 unspecified atom stereocenters. The summed E-state index contributed by atoms with van der Waals surface area (Å²) >= 11 is 0. The van der Waals surface area contributed by atoms with Crippen molar-refractivity contribution in [1.29, 1.82) is 5.26 Å². The van der Waals surface area contributed by atoms with Crippen LogP contribution in [0.2, 0.25) is 0 Å². The van der Waals surface area contributed by atoms with Crippen molar-refractivity contribution >= 4 is 11.7 Å². The molecule has 1 aromatic rings. The van der Waals surface area contributed by atoms with Gasteiger partial charge in [-0.3, -0.25) is 9.89 Å². The quantitative estimate of drug-likeness (QED) is 0.794. The molecule has 1 amide bonds. The van der Waals surface area contributed by atoms with Crippen LogP contribution >= 0.6 is 0 Å². The summed E-state index contributed by atoms with van der Waals surface area (Å²) in [6.07, 6.45) is 5.42. The molecule has 1 aliphatic carbocycles. The average Bonchev–Trinajstić information content (AvgIpc) is 2.87. The summed E-state index contributed by atoms with van der Waals surface area (Å²) in [4.78, 5) is 12.0. The van der Waals surface area contributed by atoms with E-state index in [1.165, 1.54) is 6.20 Å². The third-order valence-electron chi connectivity index (χ3n) is 3.25. The predicted molar refractivity (Wildman–Crippen MR) is 58.5 cm³/mol. The van der Waals surface area contributed by atoms with Crippen molar-refractivity contribution in [2.75, 3.05) is 5.32 Å². The molecule has 5 nitrogen and oxygen atoms in total. The number of hydrogen-bond acceptors (Lipinski definition) is 3. The van der Waals surface area contributed by atoms with Gasteiger partial charge >= 0.3 is 0 Å². The fourth-order valence-corrected chi connectivity index (χ4v) is 2.11. The normalized spacial score (nSPS) is 18.0. The van der Waals surface area contributed by atoms with Crippen molar-refractivity contribution in [3.63, 3.8) is 0 Å². The van der Waals surface area contributed by atoms with Crippen LogP contribution in [0.3, 0.4) is 0 Å². The van der Waals surface area contributed by atoms with Crippen molar-refractivity contribution in [3.8, 4) is 6.07 Å². The van der Waals surface area contributed by atoms with Crippen molar-refractivity contribution in [1.82, 2.24) is 10.2 Å². The van der Waals surface area contributed by atoms with Crippen LogP contribution in [-0.2, 0) is 4.79 Å². The Morgan fingerprint density at radius 1 is 1.62 bits per heavy atom. The molecular weight excluding hydrogens is 204 g/mol. The second-order valence-electron chi connectivity index (χ2n) is 4.49. The smallest absolute Gasteiger partial charge is 0.231 e. The van der Waals surface area contributed by atoms with E-state index in [4.69, 9.17) is 5.26 Å². The summed E-state index contributed by atoms with van der Waals surface area (Å²) in [6.45, 7) is 1.97. The zero-order valence-electron chi connectivity index (χ0n) is 9.21. The van der Waals surface area contributed by atoms with Crippen LogP contribution in [0.5, 0.6) is 0 Å². The molecule has 0 saturated heterocycles. The highest BCUT2D eigenvalue weighted by Gasteiger charge is 2.36. The third-order valence-corrected chi connectivity index (χ3v) is 3.25. The molecule has 0 aromatic carbocycles. The van der Waals surface area contributed by atoms with Gasteiger partial charge in [-0.15, -0.1) is 0 Å². The number of carbonyl (C=O) groups excluding carboxylic acids is 1. The second-order valence-corrected chi connectivity index (χ2v) is 4.49. The minimum absolute atomic E-state index is 0.0225. The fraction of sp³-hybridized carbons (Fsp3) is 0.545. The Morgan fingerprint density at radius 2 is 2.31 bits per heavy atom. The van der Waals surface area contributed by atoms with Crippen LogP contribution in [0.15, 0.2) is 6.20 Å². The zero-order chi connectivity index (χ0) is 11.6.